The zero-order chi connectivity index (χ0) is 17.6. The molecule has 0 aliphatic carbocycles. The number of fused-ring (bicyclic) bond motifs is 1. The van der Waals surface area contributed by atoms with Gasteiger partial charge in [0.25, 0.3) is 5.91 Å². The van der Waals surface area contributed by atoms with Gasteiger partial charge in [-0.1, -0.05) is 54.1 Å². The molecule has 0 aliphatic rings. The van der Waals surface area contributed by atoms with Crippen LogP contribution in [0.4, 0.5) is 0 Å². The Balaban J connectivity index is 1.52. The number of hydrogen-bond acceptors (Lipinski definition) is 2. The normalized spacial score (nSPS) is 11.9. The molecule has 0 spiro atoms. The number of ether oxygens (including phenoxy) is 1. The van der Waals surface area contributed by atoms with Crippen molar-refractivity contribution in [1.29, 1.82) is 0 Å². The molecule has 3 aromatic rings. The van der Waals surface area contributed by atoms with E-state index in [1.54, 1.807) is 6.92 Å². The van der Waals surface area contributed by atoms with Crippen molar-refractivity contribution >= 4 is 28.3 Å². The van der Waals surface area contributed by atoms with Gasteiger partial charge in [0.05, 0.1) is 0 Å². The van der Waals surface area contributed by atoms with Crippen molar-refractivity contribution in [3.05, 3.63) is 77.3 Å². The molecule has 25 heavy (non-hydrogen) atoms. The lowest BCUT2D eigenvalue weighted by Gasteiger charge is -2.15. The zero-order valence-corrected chi connectivity index (χ0v) is 14.8. The van der Waals surface area contributed by atoms with Crippen LogP contribution in [0.25, 0.3) is 10.8 Å². The fraction of sp³-hybridized carbons (Fsp3) is 0.190. The number of rotatable bonds is 6. The van der Waals surface area contributed by atoms with Crippen LogP contribution in [0.1, 0.15) is 12.5 Å². The summed E-state index contributed by atoms with van der Waals surface area (Å²) < 4.78 is 5.77. The van der Waals surface area contributed by atoms with Crippen LogP contribution in [0.15, 0.2) is 66.7 Å². The van der Waals surface area contributed by atoms with Gasteiger partial charge in [-0.15, -0.1) is 0 Å². The van der Waals surface area contributed by atoms with Gasteiger partial charge in [0.1, 0.15) is 5.75 Å². The molecule has 0 aromatic heterocycles. The van der Waals surface area contributed by atoms with Crippen LogP contribution in [0.2, 0.25) is 5.02 Å². The Morgan fingerprint density at radius 3 is 2.52 bits per heavy atom. The van der Waals surface area contributed by atoms with Gasteiger partial charge in [0.2, 0.25) is 0 Å². The highest BCUT2D eigenvalue weighted by molar-refractivity contribution is 6.30. The van der Waals surface area contributed by atoms with Gasteiger partial charge in [0.15, 0.2) is 6.10 Å². The largest absolute Gasteiger partial charge is 0.481 e. The Morgan fingerprint density at radius 1 is 1.04 bits per heavy atom. The van der Waals surface area contributed by atoms with E-state index in [1.165, 1.54) is 0 Å². The molecule has 0 saturated heterocycles. The maximum atomic E-state index is 12.2. The second-order valence-corrected chi connectivity index (χ2v) is 6.37. The third kappa shape index (κ3) is 4.74. The lowest BCUT2D eigenvalue weighted by molar-refractivity contribution is -0.127. The number of hydrogen-bond donors (Lipinski definition) is 1. The van der Waals surface area contributed by atoms with Gasteiger partial charge in [-0.25, -0.2) is 0 Å². The van der Waals surface area contributed by atoms with E-state index < -0.39 is 6.10 Å². The first kappa shape index (κ1) is 17.3. The number of carbonyl (C=O) groups excluding carboxylic acids is 1. The van der Waals surface area contributed by atoms with Crippen molar-refractivity contribution in [3.8, 4) is 5.75 Å². The van der Waals surface area contributed by atoms with Crippen molar-refractivity contribution in [3.63, 3.8) is 0 Å². The lowest BCUT2D eigenvalue weighted by Crippen LogP contribution is -2.37. The summed E-state index contributed by atoms with van der Waals surface area (Å²) in [4.78, 5) is 12.2. The van der Waals surface area contributed by atoms with E-state index in [0.29, 0.717) is 17.3 Å². The Bertz CT molecular complexity index is 861. The fourth-order valence-corrected chi connectivity index (χ4v) is 2.75. The van der Waals surface area contributed by atoms with E-state index in [1.807, 2.05) is 66.7 Å². The monoisotopic (exact) mass is 353 g/mol. The van der Waals surface area contributed by atoms with E-state index in [4.69, 9.17) is 16.3 Å². The molecule has 0 fully saturated rings. The van der Waals surface area contributed by atoms with Crippen LogP contribution in [-0.4, -0.2) is 18.6 Å². The average molecular weight is 354 g/mol. The first-order valence-electron chi connectivity index (χ1n) is 8.29. The second kappa shape index (κ2) is 8.04. The minimum absolute atomic E-state index is 0.123. The first-order valence-corrected chi connectivity index (χ1v) is 8.67. The standard InChI is InChI=1S/C21H20ClNO2/c1-15(21(24)23-13-12-16-6-9-19(22)10-7-16)25-20-11-8-17-4-2-3-5-18(17)14-20/h2-11,14-15H,12-13H2,1H3,(H,23,24). The van der Waals surface area contributed by atoms with E-state index in [2.05, 4.69) is 5.32 Å². The predicted molar refractivity (Wildman–Crippen MR) is 102 cm³/mol. The number of carbonyl (C=O) groups is 1. The summed E-state index contributed by atoms with van der Waals surface area (Å²) in [5, 5.41) is 5.86. The van der Waals surface area contributed by atoms with Crippen LogP contribution in [0.5, 0.6) is 5.75 Å². The molecular formula is C21H20ClNO2. The molecule has 1 atom stereocenters. The molecule has 1 amide bonds. The highest BCUT2D eigenvalue weighted by Gasteiger charge is 2.14. The molecular weight excluding hydrogens is 334 g/mol. The molecule has 0 radical (unpaired) electrons. The van der Waals surface area contributed by atoms with E-state index >= 15 is 0 Å². The molecule has 3 rings (SSSR count). The van der Waals surface area contributed by atoms with E-state index in [-0.39, 0.29) is 5.91 Å². The summed E-state index contributed by atoms with van der Waals surface area (Å²) in [7, 11) is 0. The number of benzene rings is 3. The predicted octanol–water partition coefficient (Wildman–Crippen LogP) is 4.62. The number of amides is 1. The molecule has 1 N–H and O–H groups in total. The third-order valence-electron chi connectivity index (χ3n) is 4.03. The zero-order valence-electron chi connectivity index (χ0n) is 14.0. The smallest absolute Gasteiger partial charge is 0.260 e. The summed E-state index contributed by atoms with van der Waals surface area (Å²) in [5.74, 6) is 0.571. The van der Waals surface area contributed by atoms with E-state index in [9.17, 15) is 4.79 Å². The molecule has 0 bridgehead atoms. The van der Waals surface area contributed by atoms with Gasteiger partial charge >= 0.3 is 0 Å². The van der Waals surface area contributed by atoms with E-state index in [0.717, 1.165) is 22.8 Å². The number of halogens is 1. The fourth-order valence-electron chi connectivity index (χ4n) is 2.62. The van der Waals surface area contributed by atoms with Crippen molar-refractivity contribution in [1.82, 2.24) is 5.32 Å². The minimum atomic E-state index is -0.550. The van der Waals surface area contributed by atoms with Crippen LogP contribution in [-0.2, 0) is 11.2 Å². The summed E-state index contributed by atoms with van der Waals surface area (Å²) in [5.41, 5.74) is 1.13. The SMILES string of the molecule is CC(Oc1ccc2ccccc2c1)C(=O)NCCc1ccc(Cl)cc1. The highest BCUT2D eigenvalue weighted by Crippen LogP contribution is 2.21. The Kier molecular flexibility index (Phi) is 5.56. The quantitative estimate of drug-likeness (QED) is 0.702. The molecule has 0 aliphatic heterocycles. The van der Waals surface area contributed by atoms with Gasteiger partial charge < -0.3 is 10.1 Å². The summed E-state index contributed by atoms with van der Waals surface area (Å²) >= 11 is 5.86. The molecule has 0 saturated carbocycles. The Labute approximate surface area is 152 Å². The Hall–Kier alpha value is -2.52. The number of nitrogens with one attached hydrogen (secondary N) is 1. The first-order chi connectivity index (χ1) is 12.1. The topological polar surface area (TPSA) is 38.3 Å². The van der Waals surface area contributed by atoms with Gasteiger partial charge in [-0.3, -0.25) is 4.79 Å². The molecule has 4 heteroatoms. The Morgan fingerprint density at radius 2 is 1.76 bits per heavy atom. The average Bonchev–Trinajstić information content (AvgIpc) is 2.63. The van der Waals surface area contributed by atoms with Crippen LogP contribution < -0.4 is 10.1 Å². The van der Waals surface area contributed by atoms with Crippen LogP contribution >= 0.6 is 11.6 Å². The van der Waals surface area contributed by atoms with Gasteiger partial charge in [-0.2, -0.15) is 0 Å². The maximum absolute atomic E-state index is 12.2. The highest BCUT2D eigenvalue weighted by atomic mass is 35.5. The van der Waals surface area contributed by atoms with Crippen molar-refractivity contribution in [2.24, 2.45) is 0 Å². The third-order valence-corrected chi connectivity index (χ3v) is 4.28. The van der Waals surface area contributed by atoms with Crippen molar-refractivity contribution in [2.45, 2.75) is 19.4 Å². The van der Waals surface area contributed by atoms with Crippen LogP contribution in [0, 0.1) is 0 Å². The lowest BCUT2D eigenvalue weighted by atomic mass is 10.1. The second-order valence-electron chi connectivity index (χ2n) is 5.94. The van der Waals surface area contributed by atoms with Gasteiger partial charge in [-0.05, 0) is 53.9 Å². The van der Waals surface area contributed by atoms with Crippen molar-refractivity contribution in [2.75, 3.05) is 6.54 Å². The summed E-state index contributed by atoms with van der Waals surface area (Å²) in [6.07, 6.45) is 0.206. The molecule has 128 valence electrons. The minimum Gasteiger partial charge on any atom is -0.481 e. The molecule has 0 heterocycles. The molecule has 3 aromatic carbocycles. The van der Waals surface area contributed by atoms with Crippen LogP contribution in [0.3, 0.4) is 0 Å². The maximum Gasteiger partial charge on any atom is 0.260 e. The molecule has 3 nitrogen and oxygen atoms in total. The molecule has 1 unspecified atom stereocenters. The summed E-state index contributed by atoms with van der Waals surface area (Å²) in [6.45, 7) is 2.32. The van der Waals surface area contributed by atoms with Crippen molar-refractivity contribution < 1.29 is 9.53 Å². The summed E-state index contributed by atoms with van der Waals surface area (Å²) in [6, 6.07) is 21.5. The van der Waals surface area contributed by atoms with Gasteiger partial charge in [0, 0.05) is 11.6 Å².